The maximum atomic E-state index is 14.3. The highest BCUT2D eigenvalue weighted by atomic mass is 32.2. The Hall–Kier alpha value is -3.33. The second-order valence-electron chi connectivity index (χ2n) is 5.84. The summed E-state index contributed by atoms with van der Waals surface area (Å²) in [4.78, 5) is 11.1. The molecule has 7 nitrogen and oxygen atoms in total. The number of carbonyl (C=O) groups excluding carboxylic acids is 1. The lowest BCUT2D eigenvalue weighted by atomic mass is 10.1. The highest BCUT2D eigenvalue weighted by Crippen LogP contribution is 2.30. The molecule has 9 heteroatoms. The van der Waals surface area contributed by atoms with Crippen molar-refractivity contribution >= 4 is 16.1 Å². The van der Waals surface area contributed by atoms with Gasteiger partial charge in [-0.15, -0.1) is 0 Å². The van der Waals surface area contributed by atoms with Gasteiger partial charge >= 0.3 is 6.09 Å². The standard InChI is InChI=1S/C19H17FN2O5S/c1-21-19(24)27-12-13-9-18(16-7-2-3-8-17(16)20)22(11-13)28(25,26)15-6-4-5-14(23)10-15/h2-11,23H,12H2,1H3,(H,21,24). The Kier molecular flexibility index (Phi) is 5.36. The fourth-order valence-electron chi connectivity index (χ4n) is 2.62. The van der Waals surface area contributed by atoms with Gasteiger partial charge in [-0.05, 0) is 30.3 Å². The first-order chi connectivity index (χ1) is 13.3. The predicted octanol–water partition coefficient (Wildman–Crippen LogP) is 3.09. The molecular formula is C19H17FN2O5S. The summed E-state index contributed by atoms with van der Waals surface area (Å²) in [5.41, 5.74) is 0.486. The molecule has 2 aromatic carbocycles. The molecule has 0 aliphatic carbocycles. The molecule has 1 heterocycles. The molecule has 146 valence electrons. The summed E-state index contributed by atoms with van der Waals surface area (Å²) < 4.78 is 46.4. The number of hydrogen-bond acceptors (Lipinski definition) is 5. The van der Waals surface area contributed by atoms with Gasteiger partial charge in [-0.25, -0.2) is 21.6 Å². The molecule has 3 rings (SSSR count). The maximum absolute atomic E-state index is 14.3. The third-order valence-corrected chi connectivity index (χ3v) is 5.61. The summed E-state index contributed by atoms with van der Waals surface area (Å²) in [7, 11) is -2.75. The molecule has 1 aromatic heterocycles. The van der Waals surface area contributed by atoms with Gasteiger partial charge in [-0.1, -0.05) is 18.2 Å². The molecule has 28 heavy (non-hydrogen) atoms. The Balaban J connectivity index is 2.14. The van der Waals surface area contributed by atoms with Gasteiger partial charge in [0.1, 0.15) is 18.2 Å². The molecule has 0 saturated carbocycles. The van der Waals surface area contributed by atoms with Crippen LogP contribution in [0.4, 0.5) is 9.18 Å². The summed E-state index contributed by atoms with van der Waals surface area (Å²) in [5, 5.41) is 11.9. The number of phenols is 1. The maximum Gasteiger partial charge on any atom is 0.407 e. The molecule has 0 aliphatic heterocycles. The van der Waals surface area contributed by atoms with Crippen molar-refractivity contribution < 1.29 is 27.4 Å². The van der Waals surface area contributed by atoms with Gasteiger partial charge < -0.3 is 15.2 Å². The van der Waals surface area contributed by atoms with Crippen molar-refractivity contribution in [3.63, 3.8) is 0 Å². The van der Waals surface area contributed by atoms with Crippen LogP contribution in [0.1, 0.15) is 5.56 Å². The average Bonchev–Trinajstić information content (AvgIpc) is 3.11. The minimum Gasteiger partial charge on any atom is -0.508 e. The van der Waals surface area contributed by atoms with E-state index in [1.807, 2.05) is 0 Å². The van der Waals surface area contributed by atoms with Gasteiger partial charge in [0, 0.05) is 30.4 Å². The van der Waals surface area contributed by atoms with Gasteiger partial charge in [0.05, 0.1) is 10.6 Å². The van der Waals surface area contributed by atoms with E-state index in [2.05, 4.69) is 5.32 Å². The third-order valence-electron chi connectivity index (χ3n) is 3.94. The Bertz CT molecular complexity index is 1120. The molecule has 0 saturated heterocycles. The molecule has 3 aromatic rings. The lowest BCUT2D eigenvalue weighted by molar-refractivity contribution is 0.142. The van der Waals surface area contributed by atoms with E-state index in [0.717, 1.165) is 10.0 Å². The molecule has 0 aliphatic rings. The minimum atomic E-state index is -4.15. The van der Waals surface area contributed by atoms with Gasteiger partial charge in [0.2, 0.25) is 0 Å². The van der Waals surface area contributed by atoms with E-state index in [4.69, 9.17) is 4.74 Å². The van der Waals surface area contributed by atoms with Crippen molar-refractivity contribution in [1.29, 1.82) is 0 Å². The summed E-state index contributed by atoms with van der Waals surface area (Å²) in [5.74, 6) is -0.824. The second-order valence-corrected chi connectivity index (χ2v) is 7.65. The number of benzene rings is 2. The van der Waals surface area contributed by atoms with Crippen molar-refractivity contribution in [1.82, 2.24) is 9.29 Å². The lowest BCUT2D eigenvalue weighted by Crippen LogP contribution is -2.18. The Morgan fingerprint density at radius 3 is 2.61 bits per heavy atom. The van der Waals surface area contributed by atoms with Crippen LogP contribution >= 0.6 is 0 Å². The van der Waals surface area contributed by atoms with Crippen LogP contribution in [-0.4, -0.2) is 30.6 Å². The number of nitrogens with one attached hydrogen (secondary N) is 1. The van der Waals surface area contributed by atoms with E-state index >= 15 is 0 Å². The number of alkyl carbamates (subject to hydrolysis) is 1. The number of aromatic nitrogens is 1. The van der Waals surface area contributed by atoms with E-state index < -0.39 is 21.9 Å². The normalized spacial score (nSPS) is 11.2. The fourth-order valence-corrected chi connectivity index (χ4v) is 4.05. The molecule has 0 radical (unpaired) electrons. The van der Waals surface area contributed by atoms with Crippen LogP contribution in [0.5, 0.6) is 5.75 Å². The predicted molar refractivity (Wildman–Crippen MR) is 99.8 cm³/mol. The smallest absolute Gasteiger partial charge is 0.407 e. The van der Waals surface area contributed by atoms with E-state index in [0.29, 0.717) is 5.56 Å². The van der Waals surface area contributed by atoms with Crippen LogP contribution in [-0.2, 0) is 21.4 Å². The topological polar surface area (TPSA) is 97.6 Å². The number of rotatable bonds is 5. The van der Waals surface area contributed by atoms with Gasteiger partial charge in [-0.3, -0.25) is 0 Å². The molecule has 0 spiro atoms. The average molecular weight is 404 g/mol. The van der Waals surface area contributed by atoms with Crippen LogP contribution in [0.2, 0.25) is 0 Å². The number of aromatic hydroxyl groups is 1. The summed E-state index contributed by atoms with van der Waals surface area (Å²) in [6.07, 6.45) is 0.570. The Labute approximate surface area is 161 Å². The highest BCUT2D eigenvalue weighted by molar-refractivity contribution is 7.90. The van der Waals surface area contributed by atoms with Crippen molar-refractivity contribution in [2.75, 3.05) is 7.05 Å². The van der Waals surface area contributed by atoms with Crippen LogP contribution < -0.4 is 5.32 Å². The number of phenolic OH excluding ortho intramolecular Hbond substituents is 1. The zero-order valence-electron chi connectivity index (χ0n) is 14.8. The monoisotopic (exact) mass is 404 g/mol. The van der Waals surface area contributed by atoms with Gasteiger partial charge in [-0.2, -0.15) is 0 Å². The van der Waals surface area contributed by atoms with Crippen molar-refractivity contribution in [3.05, 3.63) is 72.2 Å². The van der Waals surface area contributed by atoms with E-state index in [1.54, 1.807) is 6.07 Å². The molecule has 0 bridgehead atoms. The molecule has 0 unspecified atom stereocenters. The largest absolute Gasteiger partial charge is 0.508 e. The third kappa shape index (κ3) is 3.84. The van der Waals surface area contributed by atoms with Crippen LogP contribution in [0.3, 0.4) is 0 Å². The Morgan fingerprint density at radius 2 is 1.93 bits per heavy atom. The highest BCUT2D eigenvalue weighted by Gasteiger charge is 2.24. The molecule has 2 N–H and O–H groups in total. The molecule has 0 fully saturated rings. The summed E-state index contributed by atoms with van der Waals surface area (Å²) in [6.45, 7) is -0.205. The van der Waals surface area contributed by atoms with Crippen LogP contribution in [0, 0.1) is 5.82 Å². The number of ether oxygens (including phenoxy) is 1. The SMILES string of the molecule is CNC(=O)OCc1cc(-c2ccccc2F)n(S(=O)(=O)c2cccc(O)c2)c1. The zero-order valence-corrected chi connectivity index (χ0v) is 15.6. The summed E-state index contributed by atoms with van der Waals surface area (Å²) in [6, 6.07) is 12.3. The number of hydrogen-bond donors (Lipinski definition) is 2. The minimum absolute atomic E-state index is 0.0666. The van der Waals surface area contributed by atoms with Crippen LogP contribution in [0.15, 0.2) is 65.7 Å². The van der Waals surface area contributed by atoms with Crippen molar-refractivity contribution in [2.45, 2.75) is 11.5 Å². The quantitative estimate of drug-likeness (QED) is 0.681. The van der Waals surface area contributed by atoms with Crippen LogP contribution in [0.25, 0.3) is 11.3 Å². The molecule has 0 atom stereocenters. The fraction of sp³-hybridized carbons (Fsp3) is 0.105. The zero-order chi connectivity index (χ0) is 20.3. The number of amides is 1. The van der Waals surface area contributed by atoms with Crippen molar-refractivity contribution in [3.8, 4) is 17.0 Å². The Morgan fingerprint density at radius 1 is 1.18 bits per heavy atom. The number of halogens is 1. The van der Waals surface area contributed by atoms with E-state index in [1.165, 1.54) is 55.7 Å². The second kappa shape index (κ2) is 7.73. The van der Waals surface area contributed by atoms with Gasteiger partial charge in [0.25, 0.3) is 10.0 Å². The lowest BCUT2D eigenvalue weighted by Gasteiger charge is -2.11. The first-order valence-corrected chi connectivity index (χ1v) is 9.62. The first-order valence-electron chi connectivity index (χ1n) is 8.18. The molecule has 1 amide bonds. The van der Waals surface area contributed by atoms with E-state index in [-0.39, 0.29) is 28.5 Å². The number of carbonyl (C=O) groups is 1. The molecular weight excluding hydrogens is 387 g/mol. The van der Waals surface area contributed by atoms with Gasteiger partial charge in [0.15, 0.2) is 0 Å². The first kappa shape index (κ1) is 19.4. The summed E-state index contributed by atoms with van der Waals surface area (Å²) >= 11 is 0. The number of nitrogens with zero attached hydrogens (tertiary/aromatic N) is 1. The van der Waals surface area contributed by atoms with E-state index in [9.17, 15) is 22.7 Å². The van der Waals surface area contributed by atoms with Crippen molar-refractivity contribution in [2.24, 2.45) is 0 Å².